The molecule has 0 aliphatic heterocycles. The van der Waals surface area contributed by atoms with Crippen molar-refractivity contribution in [2.75, 3.05) is 6.61 Å². The second kappa shape index (κ2) is 8.39. The quantitative estimate of drug-likeness (QED) is 0.409. The molecular weight excluding hydrogens is 470 g/mol. The van der Waals surface area contributed by atoms with Gasteiger partial charge in [0.15, 0.2) is 0 Å². The van der Waals surface area contributed by atoms with Gasteiger partial charge in [-0.2, -0.15) is 17.2 Å². The van der Waals surface area contributed by atoms with Crippen molar-refractivity contribution in [1.82, 2.24) is 0 Å². The standard InChI is InChI=1S/C24H36F2O7S/c1-21(2,3)18-6-4-17(5-7-18)19(27)33-23-11-15-8-16(12-23)10-22(9-15,13-23)14-32-20(28)24(25,26)34(29,30)31/h15-18H,4-14H2,1-3H3,(H,29,30,31). The van der Waals surface area contributed by atoms with E-state index in [0.717, 1.165) is 44.9 Å². The molecule has 0 aromatic heterocycles. The van der Waals surface area contributed by atoms with Gasteiger partial charge in [0.05, 0.1) is 12.5 Å². The third-order valence-electron chi connectivity index (χ3n) is 8.80. The second-order valence-electron chi connectivity index (χ2n) is 12.5. The summed E-state index contributed by atoms with van der Waals surface area (Å²) in [7, 11) is -5.91. The van der Waals surface area contributed by atoms with Crippen molar-refractivity contribution in [1.29, 1.82) is 0 Å². The van der Waals surface area contributed by atoms with E-state index in [-0.39, 0.29) is 35.7 Å². The maximum Gasteiger partial charge on any atom is 0.465 e. The van der Waals surface area contributed by atoms with Gasteiger partial charge in [0, 0.05) is 5.41 Å². The molecule has 0 amide bonds. The third kappa shape index (κ3) is 4.86. The van der Waals surface area contributed by atoms with Gasteiger partial charge < -0.3 is 9.47 Å². The maximum atomic E-state index is 13.7. The van der Waals surface area contributed by atoms with E-state index in [0.29, 0.717) is 25.2 Å². The summed E-state index contributed by atoms with van der Waals surface area (Å²) >= 11 is 0. The zero-order valence-corrected chi connectivity index (χ0v) is 21.0. The lowest BCUT2D eigenvalue weighted by molar-refractivity contribution is -0.216. The van der Waals surface area contributed by atoms with Crippen LogP contribution in [0.5, 0.6) is 0 Å². The van der Waals surface area contributed by atoms with Crippen molar-refractivity contribution >= 4 is 22.1 Å². The normalized spacial score (nSPS) is 37.9. The van der Waals surface area contributed by atoms with Gasteiger partial charge in [-0.25, -0.2) is 4.79 Å². The number of rotatable bonds is 6. The molecule has 2 unspecified atom stereocenters. The Labute approximate surface area is 200 Å². The van der Waals surface area contributed by atoms with E-state index in [4.69, 9.17) is 14.0 Å². The van der Waals surface area contributed by atoms with Crippen LogP contribution < -0.4 is 0 Å². The van der Waals surface area contributed by atoms with Gasteiger partial charge >= 0.3 is 27.3 Å². The molecule has 0 aromatic carbocycles. The van der Waals surface area contributed by atoms with Crippen LogP contribution in [0.3, 0.4) is 0 Å². The van der Waals surface area contributed by atoms with Crippen molar-refractivity contribution in [3.05, 3.63) is 0 Å². The number of halogens is 2. The van der Waals surface area contributed by atoms with Crippen molar-refractivity contribution in [2.24, 2.45) is 34.5 Å². The number of ether oxygens (including phenoxy) is 2. The molecule has 5 saturated carbocycles. The van der Waals surface area contributed by atoms with E-state index in [1.165, 1.54) is 0 Å². The highest BCUT2D eigenvalue weighted by Crippen LogP contribution is 2.63. The molecule has 5 aliphatic rings. The molecule has 5 rings (SSSR count). The van der Waals surface area contributed by atoms with Gasteiger partial charge in [0.2, 0.25) is 0 Å². The molecule has 0 heterocycles. The first-order chi connectivity index (χ1) is 15.5. The van der Waals surface area contributed by atoms with Gasteiger partial charge in [-0.1, -0.05) is 20.8 Å². The van der Waals surface area contributed by atoms with Gasteiger partial charge in [0.25, 0.3) is 0 Å². The van der Waals surface area contributed by atoms with E-state index >= 15 is 0 Å². The first-order valence-electron chi connectivity index (χ1n) is 12.3. The molecule has 1 N–H and O–H groups in total. The van der Waals surface area contributed by atoms with Gasteiger partial charge in [-0.15, -0.1) is 0 Å². The van der Waals surface area contributed by atoms with Gasteiger partial charge in [-0.3, -0.25) is 9.35 Å². The minimum atomic E-state index is -5.91. The first-order valence-corrected chi connectivity index (χ1v) is 13.7. The summed E-state index contributed by atoms with van der Waals surface area (Å²) in [6, 6.07) is 0. The minimum Gasteiger partial charge on any atom is -0.460 e. The summed E-state index contributed by atoms with van der Waals surface area (Å²) in [5.74, 6) is -1.52. The number of carbonyl (C=O) groups is 2. The van der Waals surface area contributed by atoms with E-state index in [2.05, 4.69) is 20.8 Å². The highest BCUT2D eigenvalue weighted by atomic mass is 32.2. The summed E-state index contributed by atoms with van der Waals surface area (Å²) in [5, 5.41) is -5.01. The molecule has 7 nitrogen and oxygen atoms in total. The van der Waals surface area contributed by atoms with Crippen molar-refractivity contribution < 1.29 is 40.8 Å². The Bertz CT molecular complexity index is 917. The van der Waals surface area contributed by atoms with Crippen LogP contribution in [0.4, 0.5) is 8.78 Å². The van der Waals surface area contributed by atoms with Crippen LogP contribution in [0, 0.1) is 34.5 Å². The van der Waals surface area contributed by atoms with Crippen LogP contribution in [0.1, 0.15) is 85.0 Å². The fourth-order valence-electron chi connectivity index (χ4n) is 7.55. The summed E-state index contributed by atoms with van der Waals surface area (Å²) in [6.07, 6.45) is 7.73. The van der Waals surface area contributed by atoms with E-state index in [1.54, 1.807) is 0 Å². The van der Waals surface area contributed by atoms with Crippen LogP contribution in [0.25, 0.3) is 0 Å². The van der Waals surface area contributed by atoms with Crippen molar-refractivity contribution in [3.8, 4) is 0 Å². The molecule has 5 aliphatic carbocycles. The predicted molar refractivity (Wildman–Crippen MR) is 118 cm³/mol. The average Bonchev–Trinajstić information content (AvgIpc) is 2.69. The van der Waals surface area contributed by atoms with Crippen LogP contribution in [0.15, 0.2) is 0 Å². The fourth-order valence-corrected chi connectivity index (χ4v) is 7.82. The van der Waals surface area contributed by atoms with E-state index < -0.39 is 32.4 Å². The molecular formula is C24H36F2O7S. The van der Waals surface area contributed by atoms with Crippen molar-refractivity contribution in [2.45, 2.75) is 95.8 Å². The molecule has 0 radical (unpaired) electrons. The molecule has 10 heteroatoms. The molecule has 2 atom stereocenters. The fraction of sp³-hybridized carbons (Fsp3) is 0.917. The highest BCUT2D eigenvalue weighted by Gasteiger charge is 2.61. The second-order valence-corrected chi connectivity index (χ2v) is 14.0. The van der Waals surface area contributed by atoms with Crippen molar-refractivity contribution in [3.63, 3.8) is 0 Å². The molecule has 0 spiro atoms. The Kier molecular flexibility index (Phi) is 6.36. The molecule has 0 saturated heterocycles. The Hall–Kier alpha value is -1.29. The Morgan fingerprint density at radius 3 is 2.06 bits per heavy atom. The number of esters is 2. The Balaban J connectivity index is 1.41. The topological polar surface area (TPSA) is 107 Å². The SMILES string of the molecule is CC(C)(C)C1CCC(C(=O)OC23CC4CC(CC(COC(=O)C(F)(F)S(=O)(=O)O)(C4)C2)C3)CC1. The summed E-state index contributed by atoms with van der Waals surface area (Å²) in [6.45, 7) is 6.30. The van der Waals surface area contributed by atoms with Crippen LogP contribution in [-0.2, 0) is 29.2 Å². The number of alkyl halides is 2. The monoisotopic (exact) mass is 506 g/mol. The molecule has 34 heavy (non-hydrogen) atoms. The zero-order valence-electron chi connectivity index (χ0n) is 20.1. The van der Waals surface area contributed by atoms with E-state index in [1.807, 2.05) is 0 Å². The maximum absolute atomic E-state index is 13.7. The lowest BCUT2D eigenvalue weighted by Gasteiger charge is -2.61. The minimum absolute atomic E-state index is 0.131. The first kappa shape index (κ1) is 25.8. The summed E-state index contributed by atoms with van der Waals surface area (Å²) in [4.78, 5) is 24.9. The van der Waals surface area contributed by atoms with Crippen LogP contribution in [0.2, 0.25) is 0 Å². The average molecular weight is 507 g/mol. The lowest BCUT2D eigenvalue weighted by atomic mass is 9.48. The molecule has 0 aromatic rings. The number of hydrogen-bond acceptors (Lipinski definition) is 6. The molecule has 194 valence electrons. The summed E-state index contributed by atoms with van der Waals surface area (Å²) < 4.78 is 68.7. The highest BCUT2D eigenvalue weighted by molar-refractivity contribution is 7.87. The smallest absolute Gasteiger partial charge is 0.460 e. The lowest BCUT2D eigenvalue weighted by Crippen LogP contribution is -2.59. The number of hydrogen-bond donors (Lipinski definition) is 1. The van der Waals surface area contributed by atoms with E-state index in [9.17, 15) is 26.8 Å². The predicted octanol–water partition coefficient (Wildman–Crippen LogP) is 4.74. The third-order valence-corrected chi connectivity index (χ3v) is 9.62. The largest absolute Gasteiger partial charge is 0.465 e. The van der Waals surface area contributed by atoms with Gasteiger partial charge in [0.1, 0.15) is 5.60 Å². The Morgan fingerprint density at radius 1 is 1.00 bits per heavy atom. The zero-order chi connectivity index (χ0) is 25.2. The number of carbonyl (C=O) groups excluding carboxylic acids is 2. The Morgan fingerprint density at radius 2 is 1.56 bits per heavy atom. The molecule has 5 fully saturated rings. The molecule has 4 bridgehead atoms. The van der Waals surface area contributed by atoms with Crippen LogP contribution in [-0.4, -0.2) is 42.4 Å². The van der Waals surface area contributed by atoms with Crippen LogP contribution >= 0.6 is 0 Å². The van der Waals surface area contributed by atoms with Gasteiger partial charge in [-0.05, 0) is 87.4 Å². The summed E-state index contributed by atoms with van der Waals surface area (Å²) in [5.41, 5.74) is -1.09.